The highest BCUT2D eigenvalue weighted by Gasteiger charge is 2.43. The molecule has 15 heteroatoms. The van der Waals surface area contributed by atoms with E-state index >= 15 is 0 Å². The van der Waals surface area contributed by atoms with E-state index in [1.54, 1.807) is 42.4 Å². The second-order valence-corrected chi connectivity index (χ2v) is 14.5. The van der Waals surface area contributed by atoms with Crippen molar-refractivity contribution in [2.75, 3.05) is 25.0 Å². The molecule has 0 spiro atoms. The summed E-state index contributed by atoms with van der Waals surface area (Å²) < 4.78 is 6.81. The highest BCUT2D eigenvalue weighted by atomic mass is 32.2. The van der Waals surface area contributed by atoms with Crippen molar-refractivity contribution >= 4 is 57.9 Å². The lowest BCUT2D eigenvalue weighted by Gasteiger charge is -2.32. The monoisotopic (exact) mass is 651 g/mol. The summed E-state index contributed by atoms with van der Waals surface area (Å²) in [6.07, 6.45) is 4.88. The van der Waals surface area contributed by atoms with Crippen LogP contribution >= 0.6 is 23.1 Å². The smallest absolute Gasteiger partial charge is 0.343 e. The van der Waals surface area contributed by atoms with Crippen molar-refractivity contribution < 1.29 is 28.4 Å². The lowest BCUT2D eigenvalue weighted by atomic mass is 9.94. The molecule has 0 aliphatic carbocycles. The molecule has 6 rings (SSSR count). The van der Waals surface area contributed by atoms with Crippen LogP contribution in [0.1, 0.15) is 78.0 Å². The Morgan fingerprint density at radius 3 is 2.53 bits per heavy atom. The molecule has 0 bridgehead atoms. The summed E-state index contributed by atoms with van der Waals surface area (Å²) in [6, 6.07) is 4.30. The van der Waals surface area contributed by atoms with Gasteiger partial charge in [0.05, 0.1) is 40.0 Å². The topological polar surface area (TPSA) is 158 Å². The Hall–Kier alpha value is -4.08. The molecule has 13 nitrogen and oxygen atoms in total. The first-order valence-corrected chi connectivity index (χ1v) is 16.5. The third kappa shape index (κ3) is 6.65. The number of fused-ring (bicyclic) bond motifs is 1. The first-order chi connectivity index (χ1) is 21.5. The van der Waals surface area contributed by atoms with Crippen molar-refractivity contribution in [3.05, 3.63) is 58.9 Å². The van der Waals surface area contributed by atoms with Gasteiger partial charge in [-0.05, 0) is 43.6 Å². The number of likely N-dealkylation sites (tertiary alicyclic amines) is 1. The van der Waals surface area contributed by atoms with Gasteiger partial charge in [-0.15, -0.1) is 11.8 Å². The van der Waals surface area contributed by atoms with Crippen LogP contribution in [-0.4, -0.2) is 74.2 Å². The fraction of sp³-hybridized carbons (Fsp3) is 0.433. The summed E-state index contributed by atoms with van der Waals surface area (Å²) >= 11 is 2.99. The van der Waals surface area contributed by atoms with E-state index < -0.39 is 23.8 Å². The largest absolute Gasteiger partial charge is 0.444 e. The van der Waals surface area contributed by atoms with Gasteiger partial charge in [0.1, 0.15) is 5.76 Å². The van der Waals surface area contributed by atoms with E-state index in [4.69, 9.17) is 4.42 Å². The lowest BCUT2D eigenvalue weighted by Crippen LogP contribution is -2.58. The van der Waals surface area contributed by atoms with Gasteiger partial charge in [0.15, 0.2) is 5.13 Å². The Bertz CT molecular complexity index is 1670. The molecule has 45 heavy (non-hydrogen) atoms. The van der Waals surface area contributed by atoms with Crippen molar-refractivity contribution in [3.8, 4) is 0 Å². The third-order valence-electron chi connectivity index (χ3n) is 7.91. The number of anilines is 1. The van der Waals surface area contributed by atoms with Gasteiger partial charge in [0.2, 0.25) is 17.7 Å². The van der Waals surface area contributed by atoms with Crippen LogP contribution in [-0.2, 0) is 27.3 Å². The van der Waals surface area contributed by atoms with Crippen LogP contribution in [0.2, 0.25) is 0 Å². The summed E-state index contributed by atoms with van der Waals surface area (Å²) in [5, 5.41) is 7.45. The third-order valence-corrected chi connectivity index (χ3v) is 10.0. The van der Waals surface area contributed by atoms with Crippen molar-refractivity contribution in [2.24, 2.45) is 5.92 Å². The number of oxazole rings is 1. The molecule has 3 aliphatic rings. The molecule has 3 aliphatic heterocycles. The quantitative estimate of drug-likeness (QED) is 0.269. The molecule has 1 aromatic carbocycles. The zero-order valence-electron chi connectivity index (χ0n) is 25.1. The molecule has 6 amide bonds. The molecular formula is C30H33N7O6S2. The Morgan fingerprint density at radius 1 is 1.07 bits per heavy atom. The normalized spacial score (nSPS) is 18.0. The van der Waals surface area contributed by atoms with Gasteiger partial charge in [-0.25, -0.2) is 19.8 Å². The minimum Gasteiger partial charge on any atom is -0.444 e. The Morgan fingerprint density at radius 2 is 1.82 bits per heavy atom. The standard InChI is InChI=1S/C30H33N7O6S2/c1-30(2,3)21-13-31-23(43-21)16-44-24-14-32-28(45-24)34-25(39)18-6-9-35(10-7-18)15-17-4-5-19-20(12-17)27(41)37(26(19)40)36-11-8-22(38)33-29(36)42/h4-5,12-14,18H,6-11,15-16H2,1-3H3,(H,32,34,39)(H,33,38,42). The summed E-state index contributed by atoms with van der Waals surface area (Å²) in [5.74, 6) is 0.265. The number of aromatic nitrogens is 2. The number of thiazole rings is 1. The molecule has 0 saturated carbocycles. The molecule has 2 aromatic heterocycles. The van der Waals surface area contributed by atoms with E-state index in [-0.39, 0.29) is 41.3 Å². The van der Waals surface area contributed by atoms with Gasteiger partial charge >= 0.3 is 6.03 Å². The number of carbonyl (C=O) groups excluding carboxylic acids is 5. The summed E-state index contributed by atoms with van der Waals surface area (Å²) in [7, 11) is 0. The highest BCUT2D eigenvalue weighted by Crippen LogP contribution is 2.33. The van der Waals surface area contributed by atoms with E-state index in [2.05, 4.69) is 46.3 Å². The second-order valence-electron chi connectivity index (χ2n) is 12.2. The van der Waals surface area contributed by atoms with Crippen LogP contribution in [0.15, 0.2) is 39.2 Å². The summed E-state index contributed by atoms with van der Waals surface area (Å²) in [6.45, 7) is 8.13. The van der Waals surface area contributed by atoms with Crippen LogP contribution in [0.4, 0.5) is 9.93 Å². The van der Waals surface area contributed by atoms with E-state index in [0.717, 1.165) is 25.6 Å². The number of piperidine rings is 1. The molecule has 2 N–H and O–H groups in total. The minimum absolute atomic E-state index is 0.00535. The number of imide groups is 2. The van der Waals surface area contributed by atoms with Gasteiger partial charge in [-0.3, -0.25) is 29.4 Å². The molecule has 236 valence electrons. The van der Waals surface area contributed by atoms with Crippen molar-refractivity contribution in [2.45, 2.75) is 62.0 Å². The van der Waals surface area contributed by atoms with E-state index in [1.807, 2.05) is 0 Å². The average Bonchev–Trinajstić information content (AvgIpc) is 3.72. The van der Waals surface area contributed by atoms with Crippen LogP contribution in [0.5, 0.6) is 0 Å². The van der Waals surface area contributed by atoms with Crippen LogP contribution in [0.3, 0.4) is 0 Å². The summed E-state index contributed by atoms with van der Waals surface area (Å²) in [5.41, 5.74) is 1.21. The number of thioether (sulfide) groups is 1. The Balaban J connectivity index is 0.981. The minimum atomic E-state index is -0.792. The van der Waals surface area contributed by atoms with Gasteiger partial charge < -0.3 is 9.73 Å². The van der Waals surface area contributed by atoms with Gasteiger partial charge in [-0.2, -0.15) is 5.01 Å². The Kier molecular flexibility index (Phi) is 8.50. The number of hydrogen-bond acceptors (Lipinski definition) is 11. The fourth-order valence-corrected chi connectivity index (χ4v) is 7.13. The summed E-state index contributed by atoms with van der Waals surface area (Å²) in [4.78, 5) is 73.7. The number of rotatable bonds is 8. The van der Waals surface area contributed by atoms with Crippen molar-refractivity contribution in [1.82, 2.24) is 30.2 Å². The van der Waals surface area contributed by atoms with Gasteiger partial charge in [0, 0.05) is 24.3 Å². The number of amides is 6. The molecule has 3 aromatic rings. The Labute approximate surface area is 267 Å². The molecule has 5 heterocycles. The first kappa shape index (κ1) is 30.9. The van der Waals surface area contributed by atoms with E-state index in [9.17, 15) is 24.0 Å². The maximum atomic E-state index is 13.1. The molecule has 2 saturated heterocycles. The number of urea groups is 1. The number of nitrogens with zero attached hydrogens (tertiary/aromatic N) is 5. The first-order valence-electron chi connectivity index (χ1n) is 14.7. The maximum Gasteiger partial charge on any atom is 0.343 e. The maximum absolute atomic E-state index is 13.1. The number of carbonyl (C=O) groups is 5. The molecule has 0 atom stereocenters. The molecular weight excluding hydrogens is 619 g/mol. The molecule has 2 fully saturated rings. The lowest BCUT2D eigenvalue weighted by molar-refractivity contribution is -0.123. The van der Waals surface area contributed by atoms with Gasteiger partial charge in [-0.1, -0.05) is 38.2 Å². The number of nitrogens with one attached hydrogen (secondary N) is 2. The molecule has 0 radical (unpaired) electrons. The van der Waals surface area contributed by atoms with Crippen LogP contribution < -0.4 is 10.6 Å². The fourth-order valence-electron chi connectivity index (χ4n) is 5.40. The zero-order valence-corrected chi connectivity index (χ0v) is 26.8. The predicted molar refractivity (Wildman–Crippen MR) is 165 cm³/mol. The number of hydrogen-bond donors (Lipinski definition) is 2. The zero-order chi connectivity index (χ0) is 31.9. The van der Waals surface area contributed by atoms with Gasteiger partial charge in [0.25, 0.3) is 11.8 Å². The number of benzene rings is 1. The van der Waals surface area contributed by atoms with Crippen molar-refractivity contribution in [3.63, 3.8) is 0 Å². The number of hydrazine groups is 1. The molecule has 0 unspecified atom stereocenters. The van der Waals surface area contributed by atoms with Crippen molar-refractivity contribution in [1.29, 1.82) is 0 Å². The SMILES string of the molecule is CC(C)(C)c1cnc(CSc2cnc(NC(=O)C3CCN(Cc4ccc5c(c4)C(=O)N(N4CCC(=O)NC4=O)C5=O)CC3)s2)o1. The van der Waals surface area contributed by atoms with Crippen LogP contribution in [0.25, 0.3) is 0 Å². The van der Waals surface area contributed by atoms with E-state index in [1.165, 1.54) is 11.3 Å². The second kappa shape index (κ2) is 12.4. The predicted octanol–water partition coefficient (Wildman–Crippen LogP) is 4.02. The average molecular weight is 652 g/mol. The van der Waals surface area contributed by atoms with Crippen LogP contribution in [0, 0.1) is 5.92 Å². The highest BCUT2D eigenvalue weighted by molar-refractivity contribution is 8.00. The van der Waals surface area contributed by atoms with E-state index in [0.29, 0.717) is 49.3 Å².